The first-order valence-electron chi connectivity index (χ1n) is 26.5. The van der Waals surface area contributed by atoms with Crippen molar-refractivity contribution in [3.05, 3.63) is 246 Å². The molecule has 85 heavy (non-hydrogen) atoms. The summed E-state index contributed by atoms with van der Waals surface area (Å²) < 4.78 is 99.5. The van der Waals surface area contributed by atoms with Crippen molar-refractivity contribution in [2.75, 3.05) is 19.8 Å². The average molecular weight is 1190 g/mol. The SMILES string of the molecule is N#CCCOP(=O)(OC[C@H]1O[C@H](Sc2ccccc2)[C@@H](OC(=O)c2ccccc2)[C@@H](OC(=O)c2ccccc2)[C@@H]1OC(=O)c1ccccc1)O[C@H]1O[C@H](COC(=O)c2ccccc2)[C@@H](OC(=O)c2ccccc2)[C@H](OC(=O)c2ccccc2)[C@@H]1F. The number of carbonyl (C=O) groups excluding carboxylic acids is 6. The molecule has 0 N–H and O–H groups in total. The number of phosphoric acid groups is 1. The van der Waals surface area contributed by atoms with Crippen LogP contribution in [-0.2, 0) is 56.0 Å². The van der Waals surface area contributed by atoms with Crippen molar-refractivity contribution in [1.29, 1.82) is 5.26 Å². The van der Waals surface area contributed by atoms with Crippen LogP contribution in [0, 0.1) is 11.3 Å². The van der Waals surface area contributed by atoms with E-state index >= 15 is 8.96 Å². The number of nitriles is 1. The predicted molar refractivity (Wildman–Crippen MR) is 300 cm³/mol. The highest BCUT2D eigenvalue weighted by molar-refractivity contribution is 7.99. The van der Waals surface area contributed by atoms with E-state index in [4.69, 9.17) is 51.5 Å². The number of hydrogen-bond acceptors (Lipinski definition) is 20. The zero-order valence-corrected chi connectivity index (χ0v) is 46.5. The summed E-state index contributed by atoms with van der Waals surface area (Å²) in [5, 5.41) is 9.62. The Morgan fingerprint density at radius 2 is 0.800 bits per heavy atom. The molecule has 0 spiro atoms. The quantitative estimate of drug-likeness (QED) is 0.0250. The van der Waals surface area contributed by atoms with Gasteiger partial charge in [-0.15, -0.1) is 0 Å². The summed E-state index contributed by atoms with van der Waals surface area (Å²) in [5.41, 5.74) is -1.18. The maximum atomic E-state index is 17.8. The Bertz CT molecular complexity index is 3450. The van der Waals surface area contributed by atoms with Gasteiger partial charge in [0, 0.05) is 4.90 Å². The second kappa shape index (κ2) is 29.6. The maximum absolute atomic E-state index is 17.8. The molecule has 2 aliphatic heterocycles. The second-order valence-corrected chi connectivity index (χ2v) is 21.5. The fourth-order valence-corrected chi connectivity index (χ4v) is 11.1. The monoisotopic (exact) mass is 1190 g/mol. The molecule has 2 aliphatic rings. The third-order valence-electron chi connectivity index (χ3n) is 12.9. The molecule has 0 amide bonds. The normalized spacial score (nSPS) is 22.4. The number of hydrogen-bond donors (Lipinski definition) is 0. The van der Waals surface area contributed by atoms with Gasteiger partial charge in [-0.1, -0.05) is 139 Å². The van der Waals surface area contributed by atoms with Crippen LogP contribution in [0.4, 0.5) is 4.39 Å². The summed E-state index contributed by atoms with van der Waals surface area (Å²) in [5.74, 6) is -5.85. The molecule has 1 unspecified atom stereocenters. The lowest BCUT2D eigenvalue weighted by Gasteiger charge is -2.45. The molecule has 22 heteroatoms. The molecule has 436 valence electrons. The zero-order chi connectivity index (χ0) is 59.5. The summed E-state index contributed by atoms with van der Waals surface area (Å²) in [6.07, 6.45) is -18.4. The molecule has 2 fully saturated rings. The van der Waals surface area contributed by atoms with Crippen LogP contribution in [0.2, 0.25) is 0 Å². The van der Waals surface area contributed by atoms with Crippen molar-refractivity contribution >= 4 is 55.4 Å². The Morgan fingerprint density at radius 1 is 0.447 bits per heavy atom. The second-order valence-electron chi connectivity index (χ2n) is 18.7. The van der Waals surface area contributed by atoms with Gasteiger partial charge in [-0.3, -0.25) is 13.6 Å². The lowest BCUT2D eigenvalue weighted by Crippen LogP contribution is -2.61. The minimum Gasteiger partial charge on any atom is -0.459 e. The first-order valence-corrected chi connectivity index (χ1v) is 28.8. The van der Waals surface area contributed by atoms with E-state index in [1.165, 1.54) is 97.1 Å². The van der Waals surface area contributed by atoms with Crippen LogP contribution in [0.5, 0.6) is 0 Å². The Morgan fingerprint density at radius 3 is 1.22 bits per heavy atom. The first kappa shape index (κ1) is 60.7. The molecule has 0 bridgehead atoms. The smallest absolute Gasteiger partial charge is 0.459 e. The molecular formula is C63H53FNO18PS. The van der Waals surface area contributed by atoms with E-state index in [1.807, 2.05) is 6.07 Å². The number of carbonyl (C=O) groups is 6. The summed E-state index contributed by atoms with van der Waals surface area (Å²) in [4.78, 5) is 84.4. The molecule has 11 atom stereocenters. The van der Waals surface area contributed by atoms with Gasteiger partial charge in [-0.05, 0) is 84.9 Å². The third kappa shape index (κ3) is 16.3. The molecular weight excluding hydrogens is 1140 g/mol. The number of nitrogens with zero attached hydrogens (tertiary/aromatic N) is 1. The van der Waals surface area contributed by atoms with Crippen LogP contribution in [0.25, 0.3) is 0 Å². The van der Waals surface area contributed by atoms with Crippen molar-refractivity contribution in [2.24, 2.45) is 0 Å². The van der Waals surface area contributed by atoms with Crippen LogP contribution >= 0.6 is 19.6 Å². The van der Waals surface area contributed by atoms with Crippen LogP contribution < -0.4 is 0 Å². The number of halogens is 1. The summed E-state index contributed by atoms with van der Waals surface area (Å²) in [7, 11) is -5.42. The fourth-order valence-electron chi connectivity index (χ4n) is 8.74. The fraction of sp³-hybridized carbons (Fsp3) is 0.222. The van der Waals surface area contributed by atoms with Gasteiger partial charge in [0.25, 0.3) is 0 Å². The van der Waals surface area contributed by atoms with Crippen molar-refractivity contribution in [3.8, 4) is 6.07 Å². The van der Waals surface area contributed by atoms with E-state index in [-0.39, 0.29) is 33.4 Å². The summed E-state index contributed by atoms with van der Waals surface area (Å²) in [6.45, 7) is -2.50. The van der Waals surface area contributed by atoms with Crippen LogP contribution in [-0.4, -0.2) is 116 Å². The Balaban J connectivity index is 1.09. The van der Waals surface area contributed by atoms with Crippen LogP contribution in [0.15, 0.2) is 217 Å². The molecule has 0 saturated carbocycles. The standard InChI is InChI=1S/C63H53FNO18PS/c64-50-53(80-59(69)44-29-14-4-15-30-44)51(78-57(67)42-25-10-2-11-26-42)48(39-73-56(66)41-23-8-1-9-24-41)76-62(50)83-84(72,74-38-22-37-65)75-40-49-52(79-58(68)43-27-12-3-13-28-43)54(81-60(70)45-31-16-5-17-32-45)55(82-61(71)46-33-18-6-19-34-46)63(77-49)85-47-35-20-7-21-36-47/h1-21,23-36,48-55,62-63H,22,38-40H2/t48-,49-,50+,51-,52-,53-,54+,55+,62-,63-,84?/m1/s1. The number of rotatable bonds is 23. The van der Waals surface area contributed by atoms with E-state index in [2.05, 4.69) is 0 Å². The number of esters is 6. The van der Waals surface area contributed by atoms with Crippen molar-refractivity contribution in [1.82, 2.24) is 0 Å². The molecule has 19 nitrogen and oxygen atoms in total. The summed E-state index contributed by atoms with van der Waals surface area (Å²) >= 11 is 1.01. The van der Waals surface area contributed by atoms with Gasteiger partial charge in [0.1, 0.15) is 24.3 Å². The summed E-state index contributed by atoms with van der Waals surface area (Å²) in [6, 6.07) is 56.5. The van der Waals surface area contributed by atoms with E-state index in [0.29, 0.717) is 4.90 Å². The largest absolute Gasteiger partial charge is 0.477 e. The van der Waals surface area contributed by atoms with Crippen molar-refractivity contribution < 1.29 is 89.2 Å². The van der Waals surface area contributed by atoms with E-state index in [9.17, 15) is 34.0 Å². The first-order chi connectivity index (χ1) is 41.4. The van der Waals surface area contributed by atoms with E-state index in [0.717, 1.165) is 11.8 Å². The Kier molecular flexibility index (Phi) is 21.2. The number of thioether (sulfide) groups is 1. The Hall–Kier alpha value is -8.84. The molecule has 9 rings (SSSR count). The van der Waals surface area contributed by atoms with Crippen LogP contribution in [0.1, 0.15) is 68.6 Å². The molecule has 0 aromatic heterocycles. The lowest BCUT2D eigenvalue weighted by atomic mass is 9.98. The molecule has 7 aromatic rings. The van der Waals surface area contributed by atoms with Crippen molar-refractivity contribution in [3.63, 3.8) is 0 Å². The number of phosphoric ester groups is 1. The van der Waals surface area contributed by atoms with Gasteiger partial charge in [-0.25, -0.2) is 37.7 Å². The van der Waals surface area contributed by atoms with Gasteiger partial charge >= 0.3 is 43.6 Å². The minimum atomic E-state index is -5.42. The predicted octanol–water partition coefficient (Wildman–Crippen LogP) is 10.6. The molecule has 2 saturated heterocycles. The Labute approximate surface area is 491 Å². The number of benzene rings is 7. The van der Waals surface area contributed by atoms with Gasteiger partial charge in [-0.2, -0.15) is 5.26 Å². The average Bonchev–Trinajstić information content (AvgIpc) is 2.05. The van der Waals surface area contributed by atoms with Gasteiger partial charge in [0.2, 0.25) is 6.29 Å². The number of ether oxygens (including phenoxy) is 8. The maximum Gasteiger partial charge on any atom is 0.477 e. The third-order valence-corrected chi connectivity index (χ3v) is 15.5. The highest BCUT2D eigenvalue weighted by atomic mass is 32.2. The van der Waals surface area contributed by atoms with Gasteiger partial charge < -0.3 is 37.9 Å². The minimum absolute atomic E-state index is 0.00641. The molecule has 2 heterocycles. The highest BCUT2D eigenvalue weighted by Gasteiger charge is 2.56. The molecule has 7 aromatic carbocycles. The molecule has 0 radical (unpaired) electrons. The lowest BCUT2D eigenvalue weighted by molar-refractivity contribution is -0.266. The highest BCUT2D eigenvalue weighted by Crippen LogP contribution is 2.53. The zero-order valence-electron chi connectivity index (χ0n) is 44.8. The number of alkyl halides is 1. The molecule has 0 aliphatic carbocycles. The van der Waals surface area contributed by atoms with E-state index in [1.54, 1.807) is 115 Å². The van der Waals surface area contributed by atoms with Crippen molar-refractivity contribution in [2.45, 2.75) is 71.9 Å². The van der Waals surface area contributed by atoms with E-state index < -0.39 is 131 Å². The van der Waals surface area contributed by atoms with Crippen LogP contribution in [0.3, 0.4) is 0 Å². The topological polar surface area (TPSA) is 245 Å². The van der Waals surface area contributed by atoms with Gasteiger partial charge in [0.15, 0.2) is 36.7 Å². The van der Waals surface area contributed by atoms with Gasteiger partial charge in [0.05, 0.1) is 59.1 Å².